The number of nitrogens with one attached hydrogen (secondary N) is 1. The number of aromatic nitrogens is 1. The van der Waals surface area contributed by atoms with Crippen LogP contribution < -0.4 is 15.8 Å². The second-order valence-corrected chi connectivity index (χ2v) is 3.59. The molecule has 6 nitrogen and oxygen atoms in total. The second kappa shape index (κ2) is 5.21. The lowest BCUT2D eigenvalue weighted by molar-refractivity contribution is 0.209. The average molecular weight is 263 g/mol. The van der Waals surface area contributed by atoms with E-state index in [9.17, 15) is 9.18 Å². The minimum Gasteiger partial charge on any atom is -0.465 e. The Balaban J connectivity index is 2.21. The van der Waals surface area contributed by atoms with Crippen LogP contribution in [0.2, 0.25) is 0 Å². The van der Waals surface area contributed by atoms with Crippen molar-refractivity contribution in [1.82, 2.24) is 4.98 Å². The molecule has 0 radical (unpaired) electrons. The van der Waals surface area contributed by atoms with Gasteiger partial charge in [0.2, 0.25) is 0 Å². The Morgan fingerprint density at radius 1 is 1.32 bits per heavy atom. The van der Waals surface area contributed by atoms with Crippen molar-refractivity contribution in [2.45, 2.75) is 0 Å². The molecule has 2 rings (SSSR count). The molecule has 0 atom stereocenters. The van der Waals surface area contributed by atoms with Gasteiger partial charge in [0.25, 0.3) is 0 Å². The van der Waals surface area contributed by atoms with E-state index in [1.807, 2.05) is 5.32 Å². The van der Waals surface area contributed by atoms with Gasteiger partial charge >= 0.3 is 6.09 Å². The molecule has 7 heteroatoms. The summed E-state index contributed by atoms with van der Waals surface area (Å²) in [5.41, 5.74) is 5.24. The number of benzene rings is 1. The van der Waals surface area contributed by atoms with Crippen molar-refractivity contribution in [3.05, 3.63) is 42.3 Å². The molecular weight excluding hydrogens is 253 g/mol. The van der Waals surface area contributed by atoms with Gasteiger partial charge in [0, 0.05) is 6.07 Å². The molecule has 1 aromatic heterocycles. The molecule has 0 aliphatic rings. The smallest absolute Gasteiger partial charge is 0.409 e. The molecule has 0 aliphatic carbocycles. The van der Waals surface area contributed by atoms with Crippen LogP contribution in [0.25, 0.3) is 0 Å². The summed E-state index contributed by atoms with van der Waals surface area (Å²) in [5, 5.41) is 10.5. The number of halogens is 1. The summed E-state index contributed by atoms with van der Waals surface area (Å²) in [6.45, 7) is 0. The largest absolute Gasteiger partial charge is 0.465 e. The number of carboxylic acid groups (broad SMARTS) is 1. The van der Waals surface area contributed by atoms with Crippen LogP contribution in [0.4, 0.5) is 20.7 Å². The Hall–Kier alpha value is -2.83. The van der Waals surface area contributed by atoms with Crippen LogP contribution in [0.15, 0.2) is 36.5 Å². The Morgan fingerprint density at radius 2 is 2.05 bits per heavy atom. The summed E-state index contributed by atoms with van der Waals surface area (Å²) in [4.78, 5) is 14.3. The normalized spacial score (nSPS) is 9.95. The summed E-state index contributed by atoms with van der Waals surface area (Å²) in [6, 6.07) is 6.86. The van der Waals surface area contributed by atoms with Gasteiger partial charge in [0.05, 0.1) is 11.9 Å². The zero-order valence-corrected chi connectivity index (χ0v) is 9.63. The zero-order valence-electron chi connectivity index (χ0n) is 9.63. The lowest BCUT2D eigenvalue weighted by Crippen LogP contribution is -2.08. The molecule has 4 N–H and O–H groups in total. The van der Waals surface area contributed by atoms with Crippen LogP contribution in [0.5, 0.6) is 11.5 Å². The summed E-state index contributed by atoms with van der Waals surface area (Å²) in [7, 11) is 0. The summed E-state index contributed by atoms with van der Waals surface area (Å²) >= 11 is 0. The lowest BCUT2D eigenvalue weighted by Gasteiger charge is -2.08. The van der Waals surface area contributed by atoms with Crippen LogP contribution in [-0.2, 0) is 0 Å². The third-order valence-electron chi connectivity index (χ3n) is 2.17. The molecule has 0 saturated heterocycles. The molecule has 19 heavy (non-hydrogen) atoms. The van der Waals surface area contributed by atoms with Gasteiger partial charge in [0.15, 0.2) is 0 Å². The predicted octanol–water partition coefficient (Wildman–Crippen LogP) is 2.69. The van der Waals surface area contributed by atoms with Crippen molar-refractivity contribution in [2.75, 3.05) is 11.1 Å². The lowest BCUT2D eigenvalue weighted by atomic mass is 10.3. The van der Waals surface area contributed by atoms with Crippen LogP contribution in [0, 0.1) is 5.82 Å². The number of pyridine rings is 1. The number of amides is 1. The average Bonchev–Trinajstić information content (AvgIpc) is 2.36. The molecular formula is C12H10FN3O3. The number of ether oxygens (including phenoxy) is 1. The standard InChI is InChI=1S/C12H10FN3O3/c13-9-3-1-7(5-10(9)16-12(17)18)19-8-2-4-11(14)15-6-8/h1-6,16H,(H2,14,15)(H,17,18). The topological polar surface area (TPSA) is 97.5 Å². The molecule has 2 aromatic rings. The number of hydrogen-bond donors (Lipinski definition) is 3. The highest BCUT2D eigenvalue weighted by atomic mass is 19.1. The Labute approximate surface area is 107 Å². The fourth-order valence-corrected chi connectivity index (χ4v) is 1.37. The Bertz CT molecular complexity index is 602. The van der Waals surface area contributed by atoms with Crippen molar-refractivity contribution in [3.63, 3.8) is 0 Å². The van der Waals surface area contributed by atoms with Crippen molar-refractivity contribution >= 4 is 17.6 Å². The van der Waals surface area contributed by atoms with Crippen LogP contribution in [-0.4, -0.2) is 16.2 Å². The first-order chi connectivity index (χ1) is 9.04. The van der Waals surface area contributed by atoms with Gasteiger partial charge in [-0.2, -0.15) is 0 Å². The van der Waals surface area contributed by atoms with E-state index in [0.29, 0.717) is 11.6 Å². The molecule has 0 bridgehead atoms. The molecule has 0 saturated carbocycles. The predicted molar refractivity (Wildman–Crippen MR) is 66.8 cm³/mol. The van der Waals surface area contributed by atoms with E-state index in [1.165, 1.54) is 18.3 Å². The van der Waals surface area contributed by atoms with E-state index in [2.05, 4.69) is 4.98 Å². The Kier molecular flexibility index (Phi) is 3.46. The van der Waals surface area contributed by atoms with E-state index in [1.54, 1.807) is 12.1 Å². The number of nitrogens with two attached hydrogens (primary N) is 1. The first-order valence-corrected chi connectivity index (χ1v) is 5.23. The minimum atomic E-state index is -1.36. The van der Waals surface area contributed by atoms with Gasteiger partial charge in [-0.05, 0) is 24.3 Å². The molecule has 1 heterocycles. The van der Waals surface area contributed by atoms with Crippen LogP contribution in [0.3, 0.4) is 0 Å². The maximum Gasteiger partial charge on any atom is 0.409 e. The maximum atomic E-state index is 13.3. The van der Waals surface area contributed by atoms with E-state index in [-0.39, 0.29) is 11.4 Å². The fraction of sp³-hybridized carbons (Fsp3) is 0. The van der Waals surface area contributed by atoms with Gasteiger partial charge in [-0.15, -0.1) is 0 Å². The van der Waals surface area contributed by atoms with Gasteiger partial charge < -0.3 is 15.6 Å². The number of hydrogen-bond acceptors (Lipinski definition) is 4. The molecule has 1 aromatic carbocycles. The number of nitrogen functional groups attached to an aromatic ring is 1. The SMILES string of the molecule is Nc1ccc(Oc2ccc(F)c(NC(=O)O)c2)cn1. The highest BCUT2D eigenvalue weighted by Gasteiger charge is 2.07. The number of carbonyl (C=O) groups is 1. The molecule has 98 valence electrons. The Morgan fingerprint density at radius 3 is 2.68 bits per heavy atom. The molecule has 0 spiro atoms. The first kappa shape index (κ1) is 12.6. The number of nitrogens with zero attached hydrogens (tertiary/aromatic N) is 1. The minimum absolute atomic E-state index is 0.187. The highest BCUT2D eigenvalue weighted by molar-refractivity contribution is 5.83. The van der Waals surface area contributed by atoms with Gasteiger partial charge in [-0.1, -0.05) is 0 Å². The highest BCUT2D eigenvalue weighted by Crippen LogP contribution is 2.26. The quantitative estimate of drug-likeness (QED) is 0.790. The summed E-state index contributed by atoms with van der Waals surface area (Å²) < 4.78 is 18.7. The van der Waals surface area contributed by atoms with E-state index < -0.39 is 11.9 Å². The summed E-state index contributed by atoms with van der Waals surface area (Å²) in [6.07, 6.45) is 0.0494. The van der Waals surface area contributed by atoms with Gasteiger partial charge in [0.1, 0.15) is 23.1 Å². The van der Waals surface area contributed by atoms with Crippen molar-refractivity contribution in [3.8, 4) is 11.5 Å². The van der Waals surface area contributed by atoms with Crippen molar-refractivity contribution in [1.29, 1.82) is 0 Å². The van der Waals surface area contributed by atoms with E-state index in [0.717, 1.165) is 6.07 Å². The van der Waals surface area contributed by atoms with Crippen molar-refractivity contribution in [2.24, 2.45) is 0 Å². The third-order valence-corrected chi connectivity index (χ3v) is 2.17. The number of anilines is 2. The molecule has 0 fully saturated rings. The molecule has 0 unspecified atom stereocenters. The fourth-order valence-electron chi connectivity index (χ4n) is 1.37. The van der Waals surface area contributed by atoms with Gasteiger partial charge in [-0.25, -0.2) is 14.2 Å². The van der Waals surface area contributed by atoms with Crippen molar-refractivity contribution < 1.29 is 19.0 Å². The molecule has 1 amide bonds. The maximum absolute atomic E-state index is 13.3. The van der Waals surface area contributed by atoms with E-state index >= 15 is 0 Å². The second-order valence-electron chi connectivity index (χ2n) is 3.59. The summed E-state index contributed by atoms with van der Waals surface area (Å²) in [5.74, 6) is 0.337. The third kappa shape index (κ3) is 3.32. The number of rotatable bonds is 3. The monoisotopic (exact) mass is 263 g/mol. The first-order valence-electron chi connectivity index (χ1n) is 5.23. The van der Waals surface area contributed by atoms with E-state index in [4.69, 9.17) is 15.6 Å². The zero-order chi connectivity index (χ0) is 13.8. The van der Waals surface area contributed by atoms with Gasteiger partial charge in [-0.3, -0.25) is 5.32 Å². The van der Waals surface area contributed by atoms with Crippen LogP contribution in [0.1, 0.15) is 0 Å². The van der Waals surface area contributed by atoms with Crippen LogP contribution >= 0.6 is 0 Å². The molecule has 0 aliphatic heterocycles.